The maximum absolute atomic E-state index is 13.5. The highest BCUT2D eigenvalue weighted by atomic mass is 32.2. The van der Waals surface area contributed by atoms with Gasteiger partial charge in [-0.15, -0.1) is 0 Å². The van der Waals surface area contributed by atoms with E-state index in [1.807, 2.05) is 36.6 Å². The lowest BCUT2D eigenvalue weighted by Gasteiger charge is -2.29. The van der Waals surface area contributed by atoms with E-state index < -0.39 is 47.9 Å². The summed E-state index contributed by atoms with van der Waals surface area (Å²) in [6.07, 6.45) is 6.58. The first-order valence-corrected chi connectivity index (χ1v) is 13.6. The van der Waals surface area contributed by atoms with Crippen LogP contribution in [-0.4, -0.2) is 86.4 Å². The Morgan fingerprint density at radius 2 is 1.89 bits per heavy atom. The zero-order valence-corrected chi connectivity index (χ0v) is 21.6. The highest BCUT2D eigenvalue weighted by Crippen LogP contribution is 2.19. The van der Waals surface area contributed by atoms with Gasteiger partial charge in [-0.1, -0.05) is 30.3 Å². The number of thioether (sulfide) groups is 1. The van der Waals surface area contributed by atoms with Crippen LogP contribution in [0.1, 0.15) is 30.5 Å². The van der Waals surface area contributed by atoms with Crippen molar-refractivity contribution in [3.05, 3.63) is 54.1 Å². The number of nitrogens with one attached hydrogen (secondary N) is 3. The molecule has 11 nitrogen and oxygen atoms in total. The molecule has 2 aromatic rings. The van der Waals surface area contributed by atoms with Gasteiger partial charge in [-0.3, -0.25) is 14.4 Å². The van der Waals surface area contributed by atoms with Gasteiger partial charge in [0.05, 0.1) is 12.4 Å². The third kappa shape index (κ3) is 8.05. The number of rotatable bonds is 13. The Morgan fingerprint density at radius 3 is 2.54 bits per heavy atom. The number of aromatic amines is 1. The first kappa shape index (κ1) is 28.2. The molecule has 1 aromatic carbocycles. The minimum atomic E-state index is -1.08. The molecule has 1 aliphatic rings. The average molecular weight is 531 g/mol. The summed E-state index contributed by atoms with van der Waals surface area (Å²) in [6.45, 7) is 0.291. The van der Waals surface area contributed by atoms with E-state index in [4.69, 9.17) is 5.73 Å². The van der Waals surface area contributed by atoms with Crippen molar-refractivity contribution in [1.29, 1.82) is 0 Å². The van der Waals surface area contributed by atoms with Crippen LogP contribution in [-0.2, 0) is 32.0 Å². The van der Waals surface area contributed by atoms with Crippen molar-refractivity contribution in [2.45, 2.75) is 56.3 Å². The largest absolute Gasteiger partial charge is 0.480 e. The van der Waals surface area contributed by atoms with Gasteiger partial charge in [0.25, 0.3) is 0 Å². The van der Waals surface area contributed by atoms with Gasteiger partial charge in [0, 0.05) is 31.3 Å². The number of nitrogens with zero attached hydrogens (tertiary/aromatic N) is 2. The number of likely N-dealkylation sites (tertiary alicyclic amines) is 1. The molecule has 1 aliphatic heterocycles. The van der Waals surface area contributed by atoms with Gasteiger partial charge < -0.3 is 31.4 Å². The van der Waals surface area contributed by atoms with Crippen molar-refractivity contribution in [1.82, 2.24) is 25.5 Å². The minimum absolute atomic E-state index is 0.0899. The molecule has 3 rings (SSSR count). The molecule has 0 aliphatic carbocycles. The van der Waals surface area contributed by atoms with E-state index in [2.05, 4.69) is 20.6 Å². The second-order valence-electron chi connectivity index (χ2n) is 9.01. The van der Waals surface area contributed by atoms with Gasteiger partial charge in [-0.05, 0) is 36.8 Å². The second-order valence-corrected chi connectivity index (χ2v) is 9.99. The monoisotopic (exact) mass is 530 g/mol. The zero-order chi connectivity index (χ0) is 26.8. The number of H-pyrrole nitrogens is 1. The van der Waals surface area contributed by atoms with Crippen LogP contribution in [0.5, 0.6) is 0 Å². The van der Waals surface area contributed by atoms with Crippen LogP contribution in [0.2, 0.25) is 0 Å². The van der Waals surface area contributed by atoms with Gasteiger partial charge in [-0.25, -0.2) is 9.78 Å². The van der Waals surface area contributed by atoms with Gasteiger partial charge >= 0.3 is 5.97 Å². The van der Waals surface area contributed by atoms with E-state index in [9.17, 15) is 24.3 Å². The number of carboxylic acid groups (broad SMARTS) is 1. The topological polar surface area (TPSA) is 171 Å². The SMILES string of the molecule is CSCCC(N)C(=O)NC(Cc1ccccc1)C(=O)NC(Cc1cnc[nH]1)C(=O)N1CCCC1C(=O)O. The number of carboxylic acids is 1. The van der Waals surface area contributed by atoms with Crippen molar-refractivity contribution in [3.8, 4) is 0 Å². The Bertz CT molecular complexity index is 1050. The Hall–Kier alpha value is -3.38. The lowest BCUT2D eigenvalue weighted by atomic mass is 10.0. The van der Waals surface area contributed by atoms with E-state index in [0.29, 0.717) is 37.3 Å². The number of amides is 3. The highest BCUT2D eigenvalue weighted by molar-refractivity contribution is 7.98. The summed E-state index contributed by atoms with van der Waals surface area (Å²) in [5, 5.41) is 15.1. The fraction of sp³-hybridized carbons (Fsp3) is 0.480. The van der Waals surface area contributed by atoms with Crippen molar-refractivity contribution in [2.75, 3.05) is 18.6 Å². The Morgan fingerprint density at radius 1 is 1.16 bits per heavy atom. The molecule has 4 unspecified atom stereocenters. The summed E-state index contributed by atoms with van der Waals surface area (Å²) in [5.41, 5.74) is 7.45. The number of aliphatic carboxylic acids is 1. The maximum atomic E-state index is 13.5. The molecule has 2 heterocycles. The van der Waals surface area contributed by atoms with Crippen molar-refractivity contribution in [2.24, 2.45) is 5.73 Å². The third-order valence-electron chi connectivity index (χ3n) is 6.30. The van der Waals surface area contributed by atoms with Crippen LogP contribution in [0.25, 0.3) is 0 Å². The third-order valence-corrected chi connectivity index (χ3v) is 6.94. The number of hydrogen-bond acceptors (Lipinski definition) is 7. The van der Waals surface area contributed by atoms with Gasteiger partial charge in [0.1, 0.15) is 18.1 Å². The van der Waals surface area contributed by atoms with Crippen molar-refractivity contribution in [3.63, 3.8) is 0 Å². The zero-order valence-electron chi connectivity index (χ0n) is 20.8. The molecule has 12 heteroatoms. The van der Waals surface area contributed by atoms with Gasteiger partial charge in [0.2, 0.25) is 17.7 Å². The van der Waals surface area contributed by atoms with Gasteiger partial charge in [-0.2, -0.15) is 11.8 Å². The number of imidazole rings is 1. The maximum Gasteiger partial charge on any atom is 0.326 e. The van der Waals surface area contributed by atoms with E-state index >= 15 is 0 Å². The standard InChI is InChI=1S/C25H34N6O5S/c1-37-11-9-18(26)22(32)29-19(12-16-6-3-2-4-7-16)23(33)30-20(13-17-14-27-15-28-17)24(34)31-10-5-8-21(31)25(35)36/h2-4,6-7,14-15,18-21H,5,8-13,26H2,1H3,(H,27,28)(H,29,32)(H,30,33)(H,35,36). The molecule has 4 atom stereocenters. The van der Waals surface area contributed by atoms with Crippen LogP contribution < -0.4 is 16.4 Å². The number of nitrogens with two attached hydrogens (primary N) is 1. The molecule has 0 bridgehead atoms. The summed E-state index contributed by atoms with van der Waals surface area (Å²) in [4.78, 5) is 59.6. The summed E-state index contributed by atoms with van der Waals surface area (Å²) in [7, 11) is 0. The van der Waals surface area contributed by atoms with Gasteiger partial charge in [0.15, 0.2) is 0 Å². The first-order valence-electron chi connectivity index (χ1n) is 12.2. The average Bonchev–Trinajstić information content (AvgIpc) is 3.59. The highest BCUT2D eigenvalue weighted by Gasteiger charge is 2.38. The number of aromatic nitrogens is 2. The molecule has 0 saturated carbocycles. The molecule has 6 N–H and O–H groups in total. The molecule has 1 aromatic heterocycles. The predicted molar refractivity (Wildman–Crippen MR) is 140 cm³/mol. The van der Waals surface area contributed by atoms with Crippen LogP contribution in [0.4, 0.5) is 0 Å². The quantitative estimate of drug-likeness (QED) is 0.246. The molecule has 200 valence electrons. The number of hydrogen-bond donors (Lipinski definition) is 5. The molecular weight excluding hydrogens is 496 g/mol. The van der Waals surface area contributed by atoms with Crippen molar-refractivity contribution < 1.29 is 24.3 Å². The number of carbonyl (C=O) groups excluding carboxylic acids is 3. The van der Waals surface area contributed by atoms with E-state index in [1.54, 1.807) is 18.0 Å². The Kier molecular flexibility index (Phi) is 10.5. The normalized spacial score (nSPS) is 17.6. The van der Waals surface area contributed by atoms with E-state index in [-0.39, 0.29) is 12.8 Å². The van der Waals surface area contributed by atoms with Crippen LogP contribution in [0, 0.1) is 0 Å². The Balaban J connectivity index is 1.81. The second kappa shape index (κ2) is 13.8. The lowest BCUT2D eigenvalue weighted by Crippen LogP contribution is -2.58. The molecular formula is C25H34N6O5S. The lowest BCUT2D eigenvalue weighted by molar-refractivity contribution is -0.149. The fourth-order valence-corrected chi connectivity index (χ4v) is 4.78. The molecule has 37 heavy (non-hydrogen) atoms. The summed E-state index contributed by atoms with van der Waals surface area (Å²) < 4.78 is 0. The minimum Gasteiger partial charge on any atom is -0.480 e. The molecule has 1 saturated heterocycles. The Labute approximate surface area is 220 Å². The molecule has 3 amide bonds. The van der Waals surface area contributed by atoms with Crippen LogP contribution in [0.15, 0.2) is 42.9 Å². The number of benzene rings is 1. The van der Waals surface area contributed by atoms with Crippen LogP contribution in [0.3, 0.4) is 0 Å². The fourth-order valence-electron chi connectivity index (χ4n) is 4.29. The summed E-state index contributed by atoms with van der Waals surface area (Å²) in [6, 6.07) is 5.45. The summed E-state index contributed by atoms with van der Waals surface area (Å²) in [5.74, 6) is -1.88. The number of carbonyl (C=O) groups is 4. The molecule has 0 spiro atoms. The smallest absolute Gasteiger partial charge is 0.326 e. The van der Waals surface area contributed by atoms with E-state index in [0.717, 1.165) is 5.56 Å². The first-order chi connectivity index (χ1) is 17.8. The molecule has 1 fully saturated rings. The van der Waals surface area contributed by atoms with Crippen molar-refractivity contribution >= 4 is 35.5 Å². The molecule has 0 radical (unpaired) electrons. The van der Waals surface area contributed by atoms with E-state index in [1.165, 1.54) is 11.2 Å². The predicted octanol–water partition coefficient (Wildman–Crippen LogP) is 0.321. The van der Waals surface area contributed by atoms with Crippen LogP contribution >= 0.6 is 11.8 Å². The summed E-state index contributed by atoms with van der Waals surface area (Å²) >= 11 is 1.57.